The monoisotopic (exact) mass is 213 g/mol. The van der Waals surface area contributed by atoms with Crippen molar-refractivity contribution in [3.05, 3.63) is 24.0 Å². The molecule has 0 fully saturated rings. The van der Waals surface area contributed by atoms with Crippen molar-refractivity contribution in [2.45, 2.75) is 20.0 Å². The van der Waals surface area contributed by atoms with E-state index in [1.807, 2.05) is 13.8 Å². The summed E-state index contributed by atoms with van der Waals surface area (Å²) in [5.41, 5.74) is 5.86. The lowest BCUT2D eigenvalue weighted by Gasteiger charge is -2.11. The molecule has 1 aromatic rings. The molecule has 0 saturated heterocycles. The normalized spacial score (nSPS) is 10.7. The summed E-state index contributed by atoms with van der Waals surface area (Å²) in [5, 5.41) is 0. The van der Waals surface area contributed by atoms with E-state index in [0.717, 1.165) is 0 Å². The van der Waals surface area contributed by atoms with E-state index < -0.39 is 5.82 Å². The summed E-state index contributed by atoms with van der Waals surface area (Å²) in [6, 6.07) is 4.46. The standard InChI is InChI=1S/C11H16FNO2/c1-8(2)14-6-7-15-11-9(12)4-3-5-10(11)13/h3-5,8H,6-7,13H2,1-2H3. The molecule has 3 nitrogen and oxygen atoms in total. The van der Waals surface area contributed by atoms with Gasteiger partial charge in [-0.2, -0.15) is 0 Å². The first kappa shape index (κ1) is 11.8. The lowest BCUT2D eigenvalue weighted by molar-refractivity contribution is 0.0546. The van der Waals surface area contributed by atoms with Gasteiger partial charge in [0.15, 0.2) is 11.6 Å². The first-order valence-electron chi connectivity index (χ1n) is 4.89. The molecule has 1 rings (SSSR count). The van der Waals surface area contributed by atoms with Crippen LogP contribution in [-0.4, -0.2) is 19.3 Å². The molecule has 0 radical (unpaired) electrons. The zero-order chi connectivity index (χ0) is 11.3. The fourth-order valence-corrected chi connectivity index (χ4v) is 1.11. The van der Waals surface area contributed by atoms with E-state index in [1.165, 1.54) is 6.07 Å². The Labute approximate surface area is 89.0 Å². The van der Waals surface area contributed by atoms with Crippen molar-refractivity contribution in [2.24, 2.45) is 0 Å². The highest BCUT2D eigenvalue weighted by Gasteiger charge is 2.06. The number of hydrogen-bond donors (Lipinski definition) is 1. The average molecular weight is 213 g/mol. The van der Waals surface area contributed by atoms with E-state index in [4.69, 9.17) is 15.2 Å². The quantitative estimate of drug-likeness (QED) is 0.602. The second kappa shape index (κ2) is 5.56. The minimum atomic E-state index is -0.445. The van der Waals surface area contributed by atoms with Gasteiger partial charge in [-0.3, -0.25) is 0 Å². The highest BCUT2D eigenvalue weighted by Crippen LogP contribution is 2.24. The van der Waals surface area contributed by atoms with Crippen molar-refractivity contribution in [3.63, 3.8) is 0 Å². The van der Waals surface area contributed by atoms with Crippen LogP contribution in [0.25, 0.3) is 0 Å². The molecule has 0 atom stereocenters. The van der Waals surface area contributed by atoms with Gasteiger partial charge in [0.25, 0.3) is 0 Å². The molecule has 2 N–H and O–H groups in total. The van der Waals surface area contributed by atoms with Gasteiger partial charge in [0.1, 0.15) is 6.61 Å². The molecule has 0 aliphatic heterocycles. The molecule has 0 aliphatic rings. The minimum absolute atomic E-state index is 0.102. The zero-order valence-corrected chi connectivity index (χ0v) is 9.00. The molecular weight excluding hydrogens is 197 g/mol. The summed E-state index contributed by atoms with van der Waals surface area (Å²) in [6.07, 6.45) is 0.145. The number of nitrogen functional groups attached to an aromatic ring is 1. The Bertz CT molecular complexity index is 295. The number of hydrogen-bond acceptors (Lipinski definition) is 3. The summed E-state index contributed by atoms with van der Waals surface area (Å²) in [7, 11) is 0. The Morgan fingerprint density at radius 3 is 2.67 bits per heavy atom. The Morgan fingerprint density at radius 1 is 1.33 bits per heavy atom. The first-order chi connectivity index (χ1) is 7.11. The highest BCUT2D eigenvalue weighted by atomic mass is 19.1. The second-order valence-electron chi connectivity index (χ2n) is 3.43. The van der Waals surface area contributed by atoms with Gasteiger partial charge >= 0.3 is 0 Å². The average Bonchev–Trinajstić information content (AvgIpc) is 2.15. The summed E-state index contributed by atoms with van der Waals surface area (Å²) < 4.78 is 23.6. The van der Waals surface area contributed by atoms with Crippen LogP contribution in [-0.2, 0) is 4.74 Å². The van der Waals surface area contributed by atoms with Crippen molar-refractivity contribution in [1.82, 2.24) is 0 Å². The lowest BCUT2D eigenvalue weighted by Crippen LogP contribution is -2.12. The van der Waals surface area contributed by atoms with E-state index in [1.54, 1.807) is 12.1 Å². The Hall–Kier alpha value is -1.29. The number of ether oxygens (including phenoxy) is 2. The van der Waals surface area contributed by atoms with Crippen LogP contribution in [0.3, 0.4) is 0 Å². The number of rotatable bonds is 5. The van der Waals surface area contributed by atoms with E-state index in [-0.39, 0.29) is 11.9 Å². The lowest BCUT2D eigenvalue weighted by atomic mass is 10.3. The molecule has 0 aliphatic carbocycles. The van der Waals surface area contributed by atoms with Crippen LogP contribution < -0.4 is 10.5 Å². The van der Waals surface area contributed by atoms with Crippen molar-refractivity contribution in [3.8, 4) is 5.75 Å². The summed E-state index contributed by atoms with van der Waals surface area (Å²) in [5.74, 6) is -0.343. The van der Waals surface area contributed by atoms with Gasteiger partial charge in [-0.1, -0.05) is 6.07 Å². The van der Waals surface area contributed by atoms with Crippen LogP contribution in [0.1, 0.15) is 13.8 Å². The predicted octanol–water partition coefficient (Wildman–Crippen LogP) is 2.21. The van der Waals surface area contributed by atoms with Gasteiger partial charge in [-0.15, -0.1) is 0 Å². The van der Waals surface area contributed by atoms with Gasteiger partial charge in [0.05, 0.1) is 18.4 Å². The smallest absolute Gasteiger partial charge is 0.177 e. The van der Waals surface area contributed by atoms with E-state index in [2.05, 4.69) is 0 Å². The van der Waals surface area contributed by atoms with Crippen LogP contribution >= 0.6 is 0 Å². The van der Waals surface area contributed by atoms with Gasteiger partial charge in [-0.05, 0) is 26.0 Å². The van der Waals surface area contributed by atoms with Gasteiger partial charge in [0.2, 0.25) is 0 Å². The maximum absolute atomic E-state index is 13.2. The molecule has 84 valence electrons. The summed E-state index contributed by atoms with van der Waals surface area (Å²) >= 11 is 0. The van der Waals surface area contributed by atoms with Crippen molar-refractivity contribution < 1.29 is 13.9 Å². The fraction of sp³-hybridized carbons (Fsp3) is 0.455. The predicted molar refractivity (Wildman–Crippen MR) is 57.4 cm³/mol. The third-order valence-corrected chi connectivity index (χ3v) is 1.78. The van der Waals surface area contributed by atoms with Crippen LogP contribution in [0.15, 0.2) is 18.2 Å². The molecule has 15 heavy (non-hydrogen) atoms. The van der Waals surface area contributed by atoms with Crippen molar-refractivity contribution >= 4 is 5.69 Å². The van der Waals surface area contributed by atoms with Crippen molar-refractivity contribution in [2.75, 3.05) is 18.9 Å². The number of benzene rings is 1. The summed E-state index contributed by atoms with van der Waals surface area (Å²) in [4.78, 5) is 0. The fourth-order valence-electron chi connectivity index (χ4n) is 1.11. The molecule has 0 saturated carbocycles. The molecule has 1 aromatic carbocycles. The maximum atomic E-state index is 13.2. The third-order valence-electron chi connectivity index (χ3n) is 1.78. The molecule has 0 amide bonds. The highest BCUT2D eigenvalue weighted by molar-refractivity contribution is 5.52. The molecule has 4 heteroatoms. The number of anilines is 1. The van der Waals surface area contributed by atoms with E-state index in [9.17, 15) is 4.39 Å². The SMILES string of the molecule is CC(C)OCCOc1c(N)cccc1F. The van der Waals surface area contributed by atoms with Gasteiger partial charge in [0, 0.05) is 0 Å². The molecule has 0 bridgehead atoms. The minimum Gasteiger partial charge on any atom is -0.486 e. The maximum Gasteiger partial charge on any atom is 0.177 e. The Morgan fingerprint density at radius 2 is 2.07 bits per heavy atom. The van der Waals surface area contributed by atoms with E-state index >= 15 is 0 Å². The Kier molecular flexibility index (Phi) is 4.37. The second-order valence-corrected chi connectivity index (χ2v) is 3.43. The number of halogens is 1. The van der Waals surface area contributed by atoms with Crippen LogP contribution in [0.4, 0.5) is 10.1 Å². The summed E-state index contributed by atoms with van der Waals surface area (Å²) in [6.45, 7) is 4.57. The molecular formula is C11H16FNO2. The molecule has 0 aromatic heterocycles. The van der Waals surface area contributed by atoms with Gasteiger partial charge < -0.3 is 15.2 Å². The molecule has 0 unspecified atom stereocenters. The molecule has 0 spiro atoms. The van der Waals surface area contributed by atoms with Crippen molar-refractivity contribution in [1.29, 1.82) is 0 Å². The van der Waals surface area contributed by atoms with Crippen LogP contribution in [0.5, 0.6) is 5.75 Å². The van der Waals surface area contributed by atoms with Crippen LogP contribution in [0.2, 0.25) is 0 Å². The third kappa shape index (κ3) is 3.75. The largest absolute Gasteiger partial charge is 0.486 e. The topological polar surface area (TPSA) is 44.5 Å². The van der Waals surface area contributed by atoms with E-state index in [0.29, 0.717) is 18.9 Å². The zero-order valence-electron chi connectivity index (χ0n) is 9.00. The number of para-hydroxylation sites is 1. The molecule has 0 heterocycles. The Balaban J connectivity index is 2.43. The first-order valence-corrected chi connectivity index (χ1v) is 4.89. The van der Waals surface area contributed by atoms with Crippen LogP contribution in [0, 0.1) is 5.82 Å². The number of nitrogens with two attached hydrogens (primary N) is 1. The van der Waals surface area contributed by atoms with Gasteiger partial charge in [-0.25, -0.2) is 4.39 Å².